The Kier molecular flexibility index (Phi) is 2.51. The molecule has 0 aliphatic heterocycles. The van der Waals surface area contributed by atoms with Gasteiger partial charge in [0.15, 0.2) is 0 Å². The van der Waals surface area contributed by atoms with Crippen LogP contribution in [0.3, 0.4) is 0 Å². The number of hydrogen-bond donors (Lipinski definition) is 1. The van der Waals surface area contributed by atoms with Gasteiger partial charge < -0.3 is 5.73 Å². The molecule has 1 nitrogen and oxygen atoms in total. The maximum Gasteiger partial charge on any atom is -0.00153 e. The monoisotopic (exact) mass is 215 g/mol. The predicted molar refractivity (Wildman–Crippen MR) is 67.5 cm³/mol. The molecule has 1 saturated carbocycles. The number of aryl methyl sites for hydroxylation is 1. The number of nitrogens with two attached hydrogens (primary N) is 1. The summed E-state index contributed by atoms with van der Waals surface area (Å²) in [6.45, 7) is 0.855. The Balaban J connectivity index is 1.88. The Hall–Kier alpha value is -0.820. The van der Waals surface area contributed by atoms with Crippen molar-refractivity contribution in [2.45, 2.75) is 43.9 Å². The molecule has 1 spiro atoms. The lowest BCUT2D eigenvalue weighted by Gasteiger charge is -2.34. The molecule has 1 aromatic rings. The molecular formula is C15H21N. The minimum absolute atomic E-state index is 0.573. The number of hydrogen-bond acceptors (Lipinski definition) is 1. The van der Waals surface area contributed by atoms with Crippen molar-refractivity contribution in [3.63, 3.8) is 0 Å². The first-order valence-corrected chi connectivity index (χ1v) is 6.65. The summed E-state index contributed by atoms with van der Waals surface area (Å²) in [6.07, 6.45) is 8.04. The van der Waals surface area contributed by atoms with E-state index >= 15 is 0 Å². The van der Waals surface area contributed by atoms with Gasteiger partial charge in [-0.05, 0) is 67.5 Å². The van der Waals surface area contributed by atoms with Crippen molar-refractivity contribution in [1.29, 1.82) is 0 Å². The number of rotatable bonds is 3. The molecule has 1 heteroatoms. The van der Waals surface area contributed by atoms with Gasteiger partial charge in [-0.1, -0.05) is 24.3 Å². The Morgan fingerprint density at radius 3 is 2.81 bits per heavy atom. The quantitative estimate of drug-likeness (QED) is 0.824. The molecule has 2 N–H and O–H groups in total. The fourth-order valence-electron chi connectivity index (χ4n) is 3.65. The third-order valence-electron chi connectivity index (χ3n) is 4.64. The highest BCUT2D eigenvalue weighted by molar-refractivity contribution is 5.41. The highest BCUT2D eigenvalue weighted by Crippen LogP contribution is 2.59. The number of benzene rings is 1. The lowest BCUT2D eigenvalue weighted by molar-refractivity contribution is 0.325. The molecule has 0 aromatic heterocycles. The lowest BCUT2D eigenvalue weighted by Crippen LogP contribution is -2.27. The fraction of sp³-hybridized carbons (Fsp3) is 0.600. The van der Waals surface area contributed by atoms with Crippen molar-refractivity contribution >= 4 is 0 Å². The Morgan fingerprint density at radius 2 is 2.06 bits per heavy atom. The zero-order valence-electron chi connectivity index (χ0n) is 9.91. The molecule has 0 saturated heterocycles. The highest BCUT2D eigenvalue weighted by atomic mass is 14.6. The summed E-state index contributed by atoms with van der Waals surface area (Å²) in [6, 6.07) is 9.10. The van der Waals surface area contributed by atoms with Crippen LogP contribution in [0.25, 0.3) is 0 Å². The van der Waals surface area contributed by atoms with Gasteiger partial charge in [0.05, 0.1) is 0 Å². The largest absolute Gasteiger partial charge is 0.330 e. The van der Waals surface area contributed by atoms with Crippen LogP contribution in [-0.4, -0.2) is 6.54 Å². The predicted octanol–water partition coefficient (Wildman–Crippen LogP) is 3.02. The maximum absolute atomic E-state index is 5.65. The maximum atomic E-state index is 5.65. The summed E-state index contributed by atoms with van der Waals surface area (Å²) in [5, 5.41) is 0. The normalized spacial score (nSPS) is 25.4. The fourth-order valence-corrected chi connectivity index (χ4v) is 3.65. The SMILES string of the molecule is NCCCC1CCc2ccccc2C12CC2. The van der Waals surface area contributed by atoms with Crippen LogP contribution in [-0.2, 0) is 11.8 Å². The third-order valence-corrected chi connectivity index (χ3v) is 4.64. The molecule has 0 radical (unpaired) electrons. The van der Waals surface area contributed by atoms with Crippen molar-refractivity contribution in [3.05, 3.63) is 35.4 Å². The first-order valence-electron chi connectivity index (χ1n) is 6.65. The smallest absolute Gasteiger partial charge is 0.00153 e. The zero-order valence-corrected chi connectivity index (χ0v) is 9.91. The Labute approximate surface area is 98.0 Å². The molecule has 2 aliphatic carbocycles. The van der Waals surface area contributed by atoms with Crippen LogP contribution in [0.5, 0.6) is 0 Å². The van der Waals surface area contributed by atoms with E-state index in [0.29, 0.717) is 5.41 Å². The van der Waals surface area contributed by atoms with Gasteiger partial charge >= 0.3 is 0 Å². The highest BCUT2D eigenvalue weighted by Gasteiger charge is 2.52. The average molecular weight is 215 g/mol. The van der Waals surface area contributed by atoms with Gasteiger partial charge in [-0.3, -0.25) is 0 Å². The molecule has 3 rings (SSSR count). The van der Waals surface area contributed by atoms with Crippen molar-refractivity contribution in [3.8, 4) is 0 Å². The van der Waals surface area contributed by atoms with Gasteiger partial charge in [-0.15, -0.1) is 0 Å². The van der Waals surface area contributed by atoms with Gasteiger partial charge in [0.2, 0.25) is 0 Å². The van der Waals surface area contributed by atoms with E-state index in [-0.39, 0.29) is 0 Å². The van der Waals surface area contributed by atoms with E-state index in [0.717, 1.165) is 12.5 Å². The second kappa shape index (κ2) is 3.89. The Bertz CT molecular complexity index is 379. The minimum atomic E-state index is 0.573. The first-order chi connectivity index (χ1) is 7.87. The van der Waals surface area contributed by atoms with E-state index < -0.39 is 0 Å². The first kappa shape index (κ1) is 10.3. The summed E-state index contributed by atoms with van der Waals surface area (Å²) in [5.41, 5.74) is 9.51. The van der Waals surface area contributed by atoms with Crippen LogP contribution in [0, 0.1) is 5.92 Å². The van der Waals surface area contributed by atoms with E-state index in [2.05, 4.69) is 24.3 Å². The molecular weight excluding hydrogens is 194 g/mol. The summed E-state index contributed by atoms with van der Waals surface area (Å²) in [4.78, 5) is 0. The Morgan fingerprint density at radius 1 is 1.25 bits per heavy atom. The van der Waals surface area contributed by atoms with Gasteiger partial charge in [0, 0.05) is 0 Å². The van der Waals surface area contributed by atoms with Crippen molar-refractivity contribution < 1.29 is 0 Å². The van der Waals surface area contributed by atoms with Crippen LogP contribution >= 0.6 is 0 Å². The van der Waals surface area contributed by atoms with E-state index in [1.165, 1.54) is 38.5 Å². The second-order valence-corrected chi connectivity index (χ2v) is 5.48. The molecule has 1 fully saturated rings. The minimum Gasteiger partial charge on any atom is -0.330 e. The molecule has 1 aromatic carbocycles. The molecule has 1 atom stereocenters. The summed E-state index contributed by atoms with van der Waals surface area (Å²) in [7, 11) is 0. The molecule has 86 valence electrons. The molecule has 0 bridgehead atoms. The molecule has 2 aliphatic rings. The van der Waals surface area contributed by atoms with Crippen LogP contribution in [0.1, 0.15) is 43.2 Å². The number of fused-ring (bicyclic) bond motifs is 2. The molecule has 1 unspecified atom stereocenters. The second-order valence-electron chi connectivity index (χ2n) is 5.48. The standard InChI is InChI=1S/C15H21N/c16-11-3-5-13-8-7-12-4-1-2-6-14(12)15(13)9-10-15/h1-2,4,6,13H,3,5,7-11,16H2. The molecule has 0 heterocycles. The van der Waals surface area contributed by atoms with E-state index in [1.54, 1.807) is 11.1 Å². The van der Waals surface area contributed by atoms with Crippen LogP contribution in [0.15, 0.2) is 24.3 Å². The summed E-state index contributed by atoms with van der Waals surface area (Å²) >= 11 is 0. The summed E-state index contributed by atoms with van der Waals surface area (Å²) < 4.78 is 0. The zero-order chi connectivity index (χ0) is 11.0. The van der Waals surface area contributed by atoms with Crippen LogP contribution in [0.4, 0.5) is 0 Å². The topological polar surface area (TPSA) is 26.0 Å². The van der Waals surface area contributed by atoms with Crippen molar-refractivity contribution in [2.24, 2.45) is 11.7 Å². The summed E-state index contributed by atoms with van der Waals surface area (Å²) in [5.74, 6) is 0.908. The molecule has 0 amide bonds. The van der Waals surface area contributed by atoms with Crippen LogP contribution < -0.4 is 5.73 Å². The molecule has 16 heavy (non-hydrogen) atoms. The van der Waals surface area contributed by atoms with Crippen molar-refractivity contribution in [2.75, 3.05) is 6.54 Å². The van der Waals surface area contributed by atoms with Crippen molar-refractivity contribution in [1.82, 2.24) is 0 Å². The van der Waals surface area contributed by atoms with E-state index in [1.807, 2.05) is 0 Å². The van der Waals surface area contributed by atoms with Crippen LogP contribution in [0.2, 0.25) is 0 Å². The van der Waals surface area contributed by atoms with E-state index in [4.69, 9.17) is 5.73 Å². The van der Waals surface area contributed by atoms with Gasteiger partial charge in [0.1, 0.15) is 0 Å². The average Bonchev–Trinajstić information content (AvgIpc) is 3.10. The lowest BCUT2D eigenvalue weighted by atomic mass is 9.70. The van der Waals surface area contributed by atoms with E-state index in [9.17, 15) is 0 Å². The van der Waals surface area contributed by atoms with Gasteiger partial charge in [-0.25, -0.2) is 0 Å². The third kappa shape index (κ3) is 1.49. The van der Waals surface area contributed by atoms with Gasteiger partial charge in [0.25, 0.3) is 0 Å². The van der Waals surface area contributed by atoms with Gasteiger partial charge in [-0.2, -0.15) is 0 Å².